The molecule has 2 amide bonds. The number of anilines is 1. The summed E-state index contributed by atoms with van der Waals surface area (Å²) in [7, 11) is 1.57. The van der Waals surface area contributed by atoms with Crippen LogP contribution in [0.5, 0.6) is 0 Å². The quantitative estimate of drug-likeness (QED) is 0.771. The minimum Gasteiger partial charge on any atom is -0.355 e. The van der Waals surface area contributed by atoms with Crippen molar-refractivity contribution in [1.29, 1.82) is 0 Å². The molecule has 0 bridgehead atoms. The van der Waals surface area contributed by atoms with Gasteiger partial charge in [-0.25, -0.2) is 0 Å². The fourth-order valence-corrected chi connectivity index (χ4v) is 2.83. The molecular weight excluding hydrogens is 314 g/mol. The molecule has 1 heterocycles. The van der Waals surface area contributed by atoms with Gasteiger partial charge in [-0.3, -0.25) is 14.6 Å². The molecule has 126 valence electrons. The van der Waals surface area contributed by atoms with Crippen LogP contribution in [-0.4, -0.2) is 23.8 Å². The molecule has 0 atom stereocenters. The highest BCUT2D eigenvalue weighted by Gasteiger charge is 2.17. The number of carbonyl (C=O) groups is 2. The Bertz CT molecular complexity index is 980. The highest BCUT2D eigenvalue weighted by atomic mass is 16.2. The molecule has 2 N–H and O–H groups in total. The molecule has 0 radical (unpaired) electrons. The van der Waals surface area contributed by atoms with Crippen LogP contribution in [0, 0.1) is 13.8 Å². The Labute approximate surface area is 146 Å². The van der Waals surface area contributed by atoms with Gasteiger partial charge in [-0.05, 0) is 37.6 Å². The average molecular weight is 333 g/mol. The third-order valence-electron chi connectivity index (χ3n) is 4.13. The molecule has 0 saturated heterocycles. The summed E-state index contributed by atoms with van der Waals surface area (Å²) in [6.07, 6.45) is 0. The third kappa shape index (κ3) is 3.21. The van der Waals surface area contributed by atoms with Crippen LogP contribution in [0.3, 0.4) is 0 Å². The van der Waals surface area contributed by atoms with E-state index in [2.05, 4.69) is 15.6 Å². The number of aromatic nitrogens is 1. The number of aryl methyl sites for hydroxylation is 2. The van der Waals surface area contributed by atoms with E-state index in [4.69, 9.17) is 0 Å². The second kappa shape index (κ2) is 6.73. The predicted molar refractivity (Wildman–Crippen MR) is 99.0 cm³/mol. The second-order valence-electron chi connectivity index (χ2n) is 5.84. The molecule has 5 heteroatoms. The number of carbonyl (C=O) groups excluding carboxylic acids is 2. The minimum absolute atomic E-state index is 0.234. The van der Waals surface area contributed by atoms with Crippen molar-refractivity contribution in [2.24, 2.45) is 0 Å². The Morgan fingerprint density at radius 1 is 0.960 bits per heavy atom. The van der Waals surface area contributed by atoms with Crippen molar-refractivity contribution in [1.82, 2.24) is 10.3 Å². The van der Waals surface area contributed by atoms with Gasteiger partial charge >= 0.3 is 0 Å². The van der Waals surface area contributed by atoms with Crippen molar-refractivity contribution in [2.75, 3.05) is 12.4 Å². The number of nitrogens with zero attached hydrogens (tertiary/aromatic N) is 1. The van der Waals surface area contributed by atoms with Crippen molar-refractivity contribution in [2.45, 2.75) is 13.8 Å². The largest absolute Gasteiger partial charge is 0.355 e. The number of amides is 2. The van der Waals surface area contributed by atoms with E-state index in [1.807, 2.05) is 49.4 Å². The number of nitrogens with one attached hydrogen (secondary N) is 2. The summed E-state index contributed by atoms with van der Waals surface area (Å²) >= 11 is 0. The van der Waals surface area contributed by atoms with Gasteiger partial charge in [-0.1, -0.05) is 30.3 Å². The lowest BCUT2D eigenvalue weighted by atomic mass is 10.0. The van der Waals surface area contributed by atoms with Crippen molar-refractivity contribution < 1.29 is 9.59 Å². The SMILES string of the molecule is CNC(=O)c1c(C)cccc1NC(=O)c1cc2ccccc2nc1C. The Kier molecular flexibility index (Phi) is 4.48. The lowest BCUT2D eigenvalue weighted by Gasteiger charge is -2.13. The molecule has 0 aliphatic carbocycles. The van der Waals surface area contributed by atoms with Gasteiger partial charge < -0.3 is 10.6 Å². The summed E-state index contributed by atoms with van der Waals surface area (Å²) in [5, 5.41) is 6.35. The monoisotopic (exact) mass is 333 g/mol. The Hall–Kier alpha value is -3.21. The molecule has 0 fully saturated rings. The molecule has 3 aromatic rings. The first kappa shape index (κ1) is 16.6. The average Bonchev–Trinajstić information content (AvgIpc) is 2.60. The van der Waals surface area contributed by atoms with Gasteiger partial charge in [-0.2, -0.15) is 0 Å². The standard InChI is InChI=1S/C20H19N3O2/c1-12-7-6-10-17(18(12)20(25)21-3)23-19(24)15-11-14-8-4-5-9-16(14)22-13(15)2/h4-11H,1-3H3,(H,21,25)(H,23,24). The fraction of sp³-hybridized carbons (Fsp3) is 0.150. The fourth-order valence-electron chi connectivity index (χ4n) is 2.83. The van der Waals surface area contributed by atoms with Crippen LogP contribution in [0.1, 0.15) is 32.0 Å². The minimum atomic E-state index is -0.286. The summed E-state index contributed by atoms with van der Waals surface area (Å²) < 4.78 is 0. The van der Waals surface area contributed by atoms with Gasteiger partial charge in [0.1, 0.15) is 0 Å². The van der Waals surface area contributed by atoms with E-state index in [-0.39, 0.29) is 11.8 Å². The summed E-state index contributed by atoms with van der Waals surface area (Å²) in [6.45, 7) is 3.64. The van der Waals surface area contributed by atoms with Crippen LogP contribution in [0.15, 0.2) is 48.5 Å². The number of pyridine rings is 1. The van der Waals surface area contributed by atoms with E-state index in [1.54, 1.807) is 20.0 Å². The predicted octanol–water partition coefficient (Wildman–Crippen LogP) is 3.46. The lowest BCUT2D eigenvalue weighted by Crippen LogP contribution is -2.23. The molecule has 0 saturated carbocycles. The van der Waals surface area contributed by atoms with Crippen LogP contribution in [0.25, 0.3) is 10.9 Å². The Morgan fingerprint density at radius 3 is 2.48 bits per heavy atom. The maximum atomic E-state index is 12.8. The van der Waals surface area contributed by atoms with E-state index < -0.39 is 0 Å². The molecule has 0 aliphatic rings. The van der Waals surface area contributed by atoms with E-state index in [0.29, 0.717) is 22.5 Å². The van der Waals surface area contributed by atoms with Gasteiger partial charge in [0, 0.05) is 12.4 Å². The van der Waals surface area contributed by atoms with Crippen LogP contribution < -0.4 is 10.6 Å². The van der Waals surface area contributed by atoms with E-state index in [0.717, 1.165) is 16.5 Å². The molecule has 0 unspecified atom stereocenters. The first-order valence-electron chi connectivity index (χ1n) is 8.00. The van der Waals surface area contributed by atoms with Gasteiger partial charge in [0.2, 0.25) is 0 Å². The maximum absolute atomic E-state index is 12.8. The van der Waals surface area contributed by atoms with Gasteiger partial charge in [0.15, 0.2) is 0 Å². The van der Waals surface area contributed by atoms with Crippen LogP contribution in [-0.2, 0) is 0 Å². The van der Waals surface area contributed by atoms with Gasteiger partial charge in [0.25, 0.3) is 11.8 Å². The number of rotatable bonds is 3. The van der Waals surface area contributed by atoms with E-state index in [9.17, 15) is 9.59 Å². The molecule has 1 aromatic heterocycles. The second-order valence-corrected chi connectivity index (χ2v) is 5.84. The molecule has 5 nitrogen and oxygen atoms in total. The molecule has 2 aromatic carbocycles. The number of benzene rings is 2. The van der Waals surface area contributed by atoms with Crippen LogP contribution in [0.4, 0.5) is 5.69 Å². The summed E-state index contributed by atoms with van der Waals surface area (Å²) in [5.74, 6) is -0.520. The molecule has 25 heavy (non-hydrogen) atoms. The van der Waals surface area contributed by atoms with Crippen LogP contribution in [0.2, 0.25) is 0 Å². The first-order valence-corrected chi connectivity index (χ1v) is 8.00. The number of fused-ring (bicyclic) bond motifs is 1. The van der Waals surface area contributed by atoms with Crippen molar-refractivity contribution >= 4 is 28.4 Å². The third-order valence-corrected chi connectivity index (χ3v) is 4.13. The zero-order chi connectivity index (χ0) is 18.0. The molecule has 3 rings (SSSR count). The first-order chi connectivity index (χ1) is 12.0. The Morgan fingerprint density at radius 2 is 1.72 bits per heavy atom. The topological polar surface area (TPSA) is 71.1 Å². The maximum Gasteiger partial charge on any atom is 0.257 e. The number of hydrogen-bond donors (Lipinski definition) is 2. The normalized spacial score (nSPS) is 10.5. The summed E-state index contributed by atoms with van der Waals surface area (Å²) in [4.78, 5) is 29.4. The van der Waals surface area contributed by atoms with E-state index >= 15 is 0 Å². The number of hydrogen-bond acceptors (Lipinski definition) is 3. The zero-order valence-electron chi connectivity index (χ0n) is 14.4. The van der Waals surface area contributed by atoms with Gasteiger partial charge in [-0.15, -0.1) is 0 Å². The highest BCUT2D eigenvalue weighted by molar-refractivity contribution is 6.10. The van der Waals surface area contributed by atoms with Crippen molar-refractivity contribution in [3.8, 4) is 0 Å². The highest BCUT2D eigenvalue weighted by Crippen LogP contribution is 2.22. The summed E-state index contributed by atoms with van der Waals surface area (Å²) in [5.41, 5.74) is 3.72. The zero-order valence-corrected chi connectivity index (χ0v) is 14.4. The summed E-state index contributed by atoms with van der Waals surface area (Å²) in [6, 6.07) is 14.8. The molecular formula is C20H19N3O2. The lowest BCUT2D eigenvalue weighted by molar-refractivity contribution is 0.0963. The van der Waals surface area contributed by atoms with Gasteiger partial charge in [0.05, 0.1) is 28.0 Å². The Balaban J connectivity index is 2.00. The molecule has 0 aliphatic heterocycles. The van der Waals surface area contributed by atoms with Crippen molar-refractivity contribution in [3.63, 3.8) is 0 Å². The van der Waals surface area contributed by atoms with Crippen molar-refractivity contribution in [3.05, 3.63) is 70.9 Å². The number of para-hydroxylation sites is 1. The molecule has 0 spiro atoms. The van der Waals surface area contributed by atoms with Crippen LogP contribution >= 0.6 is 0 Å². The van der Waals surface area contributed by atoms with E-state index in [1.165, 1.54) is 0 Å². The smallest absolute Gasteiger partial charge is 0.257 e.